The molecule has 1 unspecified atom stereocenters. The molecule has 0 aromatic heterocycles. The van der Waals surface area contributed by atoms with Crippen molar-refractivity contribution in [3.63, 3.8) is 0 Å². The minimum atomic E-state index is -0.731. The van der Waals surface area contributed by atoms with Gasteiger partial charge >= 0.3 is 0 Å². The average molecular weight is 228 g/mol. The molecule has 1 aliphatic carbocycles. The first-order valence-electron chi connectivity index (χ1n) is 6.21. The van der Waals surface area contributed by atoms with Gasteiger partial charge in [0.25, 0.3) is 0 Å². The zero-order valence-electron chi connectivity index (χ0n) is 10.6. The molecule has 0 bridgehead atoms. The van der Waals surface area contributed by atoms with Crippen molar-refractivity contribution in [2.24, 2.45) is 5.73 Å². The summed E-state index contributed by atoms with van der Waals surface area (Å²) in [5.74, 6) is -0.0331. The van der Waals surface area contributed by atoms with Crippen LogP contribution in [0, 0.1) is 0 Å². The van der Waals surface area contributed by atoms with E-state index in [4.69, 9.17) is 10.5 Å². The van der Waals surface area contributed by atoms with Gasteiger partial charge in [0.2, 0.25) is 5.91 Å². The molecule has 0 heterocycles. The van der Waals surface area contributed by atoms with Crippen LogP contribution in [0.4, 0.5) is 0 Å². The Morgan fingerprint density at radius 1 is 1.50 bits per heavy atom. The summed E-state index contributed by atoms with van der Waals surface area (Å²) in [7, 11) is 0. The van der Waals surface area contributed by atoms with Gasteiger partial charge < -0.3 is 15.8 Å². The molecule has 0 aliphatic heterocycles. The van der Waals surface area contributed by atoms with Gasteiger partial charge in [0.15, 0.2) is 0 Å². The SMILES string of the molecule is CCCC(C)(N)C(=O)NC1CC(OCC)C1. The molecule has 0 radical (unpaired) electrons. The molecule has 16 heavy (non-hydrogen) atoms. The van der Waals surface area contributed by atoms with Crippen molar-refractivity contribution in [2.45, 2.75) is 64.1 Å². The second-order valence-electron chi connectivity index (χ2n) is 4.89. The summed E-state index contributed by atoms with van der Waals surface area (Å²) in [4.78, 5) is 11.8. The minimum Gasteiger partial charge on any atom is -0.378 e. The van der Waals surface area contributed by atoms with Crippen molar-refractivity contribution in [1.29, 1.82) is 0 Å². The van der Waals surface area contributed by atoms with Crippen molar-refractivity contribution >= 4 is 5.91 Å². The van der Waals surface area contributed by atoms with Crippen LogP contribution in [0.25, 0.3) is 0 Å². The third-order valence-electron chi connectivity index (χ3n) is 3.12. The van der Waals surface area contributed by atoms with Crippen LogP contribution in [0.1, 0.15) is 46.5 Å². The van der Waals surface area contributed by atoms with E-state index < -0.39 is 5.54 Å². The Morgan fingerprint density at radius 2 is 2.12 bits per heavy atom. The summed E-state index contributed by atoms with van der Waals surface area (Å²) in [5.41, 5.74) is 5.22. The Morgan fingerprint density at radius 3 is 2.62 bits per heavy atom. The lowest BCUT2D eigenvalue weighted by molar-refractivity contribution is -0.128. The summed E-state index contributed by atoms with van der Waals surface area (Å²) >= 11 is 0. The summed E-state index contributed by atoms with van der Waals surface area (Å²) < 4.78 is 5.44. The first-order valence-corrected chi connectivity index (χ1v) is 6.21. The van der Waals surface area contributed by atoms with Crippen molar-refractivity contribution in [2.75, 3.05) is 6.61 Å². The quantitative estimate of drug-likeness (QED) is 0.717. The maximum Gasteiger partial charge on any atom is 0.240 e. The van der Waals surface area contributed by atoms with E-state index in [2.05, 4.69) is 5.32 Å². The van der Waals surface area contributed by atoms with Gasteiger partial charge in [-0.3, -0.25) is 4.79 Å². The lowest BCUT2D eigenvalue weighted by Crippen LogP contribution is -2.57. The molecule has 1 aliphatic rings. The lowest BCUT2D eigenvalue weighted by Gasteiger charge is -2.37. The molecule has 1 amide bonds. The van der Waals surface area contributed by atoms with E-state index >= 15 is 0 Å². The molecule has 0 aromatic carbocycles. The Balaban J connectivity index is 2.26. The first-order chi connectivity index (χ1) is 7.49. The summed E-state index contributed by atoms with van der Waals surface area (Å²) in [5, 5.41) is 2.99. The van der Waals surface area contributed by atoms with Gasteiger partial charge in [-0.1, -0.05) is 13.3 Å². The van der Waals surface area contributed by atoms with Crippen LogP contribution in [0.3, 0.4) is 0 Å². The highest BCUT2D eigenvalue weighted by atomic mass is 16.5. The molecule has 0 aromatic rings. The molecule has 1 rings (SSSR count). The third-order valence-corrected chi connectivity index (χ3v) is 3.12. The Bertz CT molecular complexity index is 235. The van der Waals surface area contributed by atoms with Gasteiger partial charge in [-0.25, -0.2) is 0 Å². The Kier molecular flexibility index (Phi) is 4.74. The van der Waals surface area contributed by atoms with Gasteiger partial charge in [-0.2, -0.15) is 0 Å². The molecule has 0 spiro atoms. The molecule has 3 N–H and O–H groups in total. The van der Waals surface area contributed by atoms with Crippen LogP contribution in [-0.2, 0) is 9.53 Å². The van der Waals surface area contributed by atoms with Gasteiger partial charge in [-0.15, -0.1) is 0 Å². The molecule has 94 valence electrons. The average Bonchev–Trinajstić information content (AvgIpc) is 2.14. The normalized spacial score (nSPS) is 28.0. The van der Waals surface area contributed by atoms with Crippen molar-refractivity contribution in [3.8, 4) is 0 Å². The second-order valence-corrected chi connectivity index (χ2v) is 4.89. The zero-order valence-corrected chi connectivity index (χ0v) is 10.6. The standard InChI is InChI=1S/C12H24N2O2/c1-4-6-12(3,13)11(15)14-9-7-10(8-9)16-5-2/h9-10H,4-8,13H2,1-3H3,(H,14,15). The highest BCUT2D eigenvalue weighted by Gasteiger charge is 2.35. The minimum absolute atomic E-state index is 0.0331. The van der Waals surface area contributed by atoms with E-state index in [-0.39, 0.29) is 11.9 Å². The van der Waals surface area contributed by atoms with Crippen molar-refractivity contribution in [3.05, 3.63) is 0 Å². The number of hydrogen-bond acceptors (Lipinski definition) is 3. The summed E-state index contributed by atoms with van der Waals surface area (Å²) in [6.07, 6.45) is 3.81. The number of carbonyl (C=O) groups excluding carboxylic acids is 1. The van der Waals surface area contributed by atoms with Crippen molar-refractivity contribution in [1.82, 2.24) is 5.32 Å². The second kappa shape index (κ2) is 5.64. The molecule has 0 saturated heterocycles. The lowest BCUT2D eigenvalue weighted by atomic mass is 9.87. The van der Waals surface area contributed by atoms with Crippen LogP contribution in [0.5, 0.6) is 0 Å². The zero-order chi connectivity index (χ0) is 12.2. The van der Waals surface area contributed by atoms with Crippen molar-refractivity contribution < 1.29 is 9.53 Å². The molecule has 4 heteroatoms. The van der Waals surface area contributed by atoms with Gasteiger partial charge in [0.05, 0.1) is 11.6 Å². The van der Waals surface area contributed by atoms with Crippen LogP contribution in [0.15, 0.2) is 0 Å². The fourth-order valence-electron chi connectivity index (χ4n) is 2.04. The predicted octanol–water partition coefficient (Wildman–Crippen LogP) is 1.19. The fraction of sp³-hybridized carbons (Fsp3) is 0.917. The van der Waals surface area contributed by atoms with Crippen LogP contribution < -0.4 is 11.1 Å². The van der Waals surface area contributed by atoms with E-state index in [1.54, 1.807) is 6.92 Å². The predicted molar refractivity (Wildman–Crippen MR) is 64.1 cm³/mol. The van der Waals surface area contributed by atoms with E-state index in [1.165, 1.54) is 0 Å². The van der Waals surface area contributed by atoms with Gasteiger partial charge in [0, 0.05) is 12.6 Å². The number of ether oxygens (including phenoxy) is 1. The molecular weight excluding hydrogens is 204 g/mol. The van der Waals surface area contributed by atoms with Crippen LogP contribution >= 0.6 is 0 Å². The smallest absolute Gasteiger partial charge is 0.240 e. The summed E-state index contributed by atoms with van der Waals surface area (Å²) in [6.45, 7) is 6.57. The first kappa shape index (κ1) is 13.5. The molecule has 4 nitrogen and oxygen atoms in total. The topological polar surface area (TPSA) is 64.4 Å². The number of hydrogen-bond donors (Lipinski definition) is 2. The highest BCUT2D eigenvalue weighted by Crippen LogP contribution is 2.24. The third kappa shape index (κ3) is 3.46. The number of amides is 1. The molecular formula is C12H24N2O2. The molecule has 1 atom stereocenters. The summed E-state index contributed by atoms with van der Waals surface area (Å²) in [6, 6.07) is 0.254. The Hall–Kier alpha value is -0.610. The van der Waals surface area contributed by atoms with Crippen LogP contribution in [0.2, 0.25) is 0 Å². The van der Waals surface area contributed by atoms with Crippen LogP contribution in [-0.4, -0.2) is 30.2 Å². The fourth-order valence-corrected chi connectivity index (χ4v) is 2.04. The van der Waals surface area contributed by atoms with E-state index in [1.807, 2.05) is 13.8 Å². The monoisotopic (exact) mass is 228 g/mol. The largest absolute Gasteiger partial charge is 0.378 e. The molecule has 1 saturated carbocycles. The maximum atomic E-state index is 11.8. The van der Waals surface area contributed by atoms with E-state index in [0.29, 0.717) is 6.10 Å². The van der Waals surface area contributed by atoms with E-state index in [0.717, 1.165) is 32.3 Å². The number of rotatable bonds is 6. The number of nitrogens with one attached hydrogen (secondary N) is 1. The molecule has 1 fully saturated rings. The Labute approximate surface area is 97.9 Å². The maximum absolute atomic E-state index is 11.8. The number of nitrogens with two attached hydrogens (primary N) is 1. The number of carbonyl (C=O) groups is 1. The highest BCUT2D eigenvalue weighted by molar-refractivity contribution is 5.85. The van der Waals surface area contributed by atoms with Gasteiger partial charge in [-0.05, 0) is 33.1 Å². The van der Waals surface area contributed by atoms with E-state index in [9.17, 15) is 4.79 Å². The van der Waals surface area contributed by atoms with Gasteiger partial charge in [0.1, 0.15) is 0 Å².